The van der Waals surface area contributed by atoms with Gasteiger partial charge >= 0.3 is 19.5 Å². The van der Waals surface area contributed by atoms with Gasteiger partial charge in [-0.1, -0.05) is 152 Å². The molecule has 10 nitrogen and oxygen atoms in total. The van der Waals surface area contributed by atoms with Crippen molar-refractivity contribution in [2.75, 3.05) is 19.8 Å². The summed E-state index contributed by atoms with van der Waals surface area (Å²) in [5.41, 5.74) is 0. The van der Waals surface area contributed by atoms with E-state index in [2.05, 4.69) is 50.3 Å². The highest BCUT2D eigenvalue weighted by atomic mass is 31.2. The summed E-state index contributed by atoms with van der Waals surface area (Å²) < 4.78 is 27.8. The number of carbonyl (C=O) groups is 2. The molecule has 0 amide bonds. The van der Waals surface area contributed by atoms with Crippen molar-refractivity contribution < 1.29 is 48.4 Å². The van der Waals surface area contributed by atoms with Gasteiger partial charge in [0.1, 0.15) is 12.7 Å². The molecule has 308 valence electrons. The number of rotatable bonds is 37. The molecule has 0 bridgehead atoms. The zero-order chi connectivity index (χ0) is 39.3. The van der Waals surface area contributed by atoms with Crippen molar-refractivity contribution in [3.63, 3.8) is 0 Å². The second-order valence-electron chi connectivity index (χ2n) is 13.8. The second kappa shape index (κ2) is 36.9. The monoisotopic (exact) mass is 771 g/mol. The molecule has 0 aliphatic carbocycles. The summed E-state index contributed by atoms with van der Waals surface area (Å²) in [5.74, 6) is -3.05. The molecule has 0 aliphatic heterocycles. The maximum absolute atomic E-state index is 12.6. The Labute approximate surface area is 321 Å². The average molecular weight is 771 g/mol. The largest absolute Gasteiger partial charge is 0.462 e. The number of unbranched alkanes of at least 4 members (excludes halogenated alkanes) is 16. The van der Waals surface area contributed by atoms with Crippen LogP contribution in [0.15, 0.2) is 48.6 Å². The molecule has 3 atom stereocenters. The van der Waals surface area contributed by atoms with E-state index in [0.29, 0.717) is 19.3 Å². The number of hydrogen-bond acceptors (Lipinski definition) is 8. The van der Waals surface area contributed by atoms with E-state index < -0.39 is 50.8 Å². The summed E-state index contributed by atoms with van der Waals surface area (Å²) in [6.07, 6.45) is 38.6. The third-order valence-electron chi connectivity index (χ3n) is 8.72. The molecule has 0 heterocycles. The van der Waals surface area contributed by atoms with Crippen LogP contribution in [0.1, 0.15) is 168 Å². The highest BCUT2D eigenvalue weighted by Crippen LogP contribution is 2.43. The summed E-state index contributed by atoms with van der Waals surface area (Å²) in [4.78, 5) is 44.1. The van der Waals surface area contributed by atoms with Gasteiger partial charge in [-0.3, -0.25) is 14.2 Å². The van der Waals surface area contributed by atoms with Crippen LogP contribution in [-0.4, -0.2) is 69.8 Å². The van der Waals surface area contributed by atoms with Crippen molar-refractivity contribution in [1.82, 2.24) is 0 Å². The smallest absolute Gasteiger partial charge is 0.356 e. The van der Waals surface area contributed by atoms with Gasteiger partial charge in [0.25, 0.3) is 0 Å². The fraction of sp³-hybridized carbons (Fsp3) is 0.762. The Kier molecular flexibility index (Phi) is 35.4. The zero-order valence-corrected chi connectivity index (χ0v) is 34.0. The molecular formula is C42H75O10P. The van der Waals surface area contributed by atoms with Gasteiger partial charge in [0.2, 0.25) is 0 Å². The quantitative estimate of drug-likeness (QED) is 0.0207. The van der Waals surface area contributed by atoms with Crippen molar-refractivity contribution in [3.05, 3.63) is 48.6 Å². The first-order chi connectivity index (χ1) is 25.6. The third kappa shape index (κ3) is 34.2. The summed E-state index contributed by atoms with van der Waals surface area (Å²) in [6.45, 7) is 2.61. The van der Waals surface area contributed by atoms with Gasteiger partial charge < -0.3 is 34.2 Å². The van der Waals surface area contributed by atoms with Crippen LogP contribution in [0.2, 0.25) is 0 Å². The van der Waals surface area contributed by atoms with Gasteiger partial charge in [-0.15, -0.1) is 0 Å². The maximum atomic E-state index is 12.6. The molecule has 53 heavy (non-hydrogen) atoms. The van der Waals surface area contributed by atoms with Crippen LogP contribution in [0.5, 0.6) is 0 Å². The Morgan fingerprint density at radius 1 is 0.585 bits per heavy atom. The molecule has 0 saturated heterocycles. The third-order valence-corrected chi connectivity index (χ3v) is 9.88. The molecule has 0 spiro atoms. The lowest BCUT2D eigenvalue weighted by Crippen LogP contribution is -2.37. The number of allylic oxidation sites excluding steroid dienone is 8. The predicted molar refractivity (Wildman–Crippen MR) is 214 cm³/mol. The van der Waals surface area contributed by atoms with Crippen LogP contribution in [-0.2, 0) is 28.4 Å². The van der Waals surface area contributed by atoms with Gasteiger partial charge in [0.05, 0.1) is 13.2 Å². The molecule has 0 aromatic heterocycles. The van der Waals surface area contributed by atoms with Crippen molar-refractivity contribution in [1.29, 1.82) is 0 Å². The standard InChI is InChI=1S/C42H75O10P/c1-3-5-7-9-11-13-15-17-18-19-20-22-24-26-28-30-32-34-41(46)52-38(37-51-42(39(44)35-43)53(47,48)49)36-50-40(45)33-31-29-27-25-23-21-16-14-12-10-8-6-4-2/h11,13,17-18,20,22,26,28,38-39,42-44H,3-10,12,14-16,19,21,23-25,27,29-37H2,1-2H3,(H2,47,48,49)/b13-11-,18-17-,22-20-,28-26-/t38-,39?,42?/m1/s1. The SMILES string of the molecule is CCCCC/C=C\C/C=C\C/C=C\C/C=C\CCCC(=O)O[C@H](COC(=O)CCCCCCCCCCCCCCC)COC(C(O)CO)P(=O)(O)O. The molecule has 0 aromatic rings. The van der Waals surface area contributed by atoms with Crippen molar-refractivity contribution >= 4 is 19.5 Å². The second-order valence-corrected chi connectivity index (χ2v) is 15.5. The highest BCUT2D eigenvalue weighted by Gasteiger charge is 2.37. The summed E-state index contributed by atoms with van der Waals surface area (Å²) >= 11 is 0. The fourth-order valence-electron chi connectivity index (χ4n) is 5.56. The number of aliphatic hydroxyl groups excluding tert-OH is 2. The van der Waals surface area contributed by atoms with Crippen LogP contribution in [0, 0.1) is 0 Å². The molecule has 0 fully saturated rings. The number of hydrogen-bond donors (Lipinski definition) is 4. The molecular weight excluding hydrogens is 695 g/mol. The van der Waals surface area contributed by atoms with Gasteiger partial charge in [-0.25, -0.2) is 0 Å². The topological polar surface area (TPSA) is 160 Å². The minimum Gasteiger partial charge on any atom is -0.462 e. The molecule has 0 aliphatic rings. The van der Waals surface area contributed by atoms with Crippen LogP contribution < -0.4 is 0 Å². The zero-order valence-electron chi connectivity index (χ0n) is 33.1. The molecule has 0 aromatic carbocycles. The normalized spacial score (nSPS) is 14.2. The Hall–Kier alpha value is -2.07. The first-order valence-corrected chi connectivity index (χ1v) is 22.2. The van der Waals surface area contributed by atoms with E-state index in [1.54, 1.807) is 0 Å². The van der Waals surface area contributed by atoms with Crippen molar-refractivity contribution in [2.24, 2.45) is 0 Å². The summed E-state index contributed by atoms with van der Waals surface area (Å²) in [5, 5.41) is 19.1. The van der Waals surface area contributed by atoms with E-state index in [0.717, 1.165) is 44.9 Å². The first kappa shape index (κ1) is 50.9. The number of aliphatic hydroxyl groups is 2. The van der Waals surface area contributed by atoms with Gasteiger partial charge in [0, 0.05) is 12.8 Å². The van der Waals surface area contributed by atoms with Gasteiger partial charge in [-0.05, 0) is 51.4 Å². The van der Waals surface area contributed by atoms with Gasteiger partial charge in [0.15, 0.2) is 11.9 Å². The molecule has 0 radical (unpaired) electrons. The average Bonchev–Trinajstić information content (AvgIpc) is 3.13. The Morgan fingerprint density at radius 2 is 1.02 bits per heavy atom. The molecule has 0 rings (SSSR count). The number of carbonyl (C=O) groups excluding carboxylic acids is 2. The molecule has 0 saturated carbocycles. The maximum Gasteiger partial charge on any atom is 0.356 e. The van der Waals surface area contributed by atoms with Crippen LogP contribution >= 0.6 is 7.60 Å². The highest BCUT2D eigenvalue weighted by molar-refractivity contribution is 7.52. The molecule has 2 unspecified atom stereocenters. The van der Waals surface area contributed by atoms with E-state index in [9.17, 15) is 34.2 Å². The van der Waals surface area contributed by atoms with E-state index in [1.165, 1.54) is 77.0 Å². The van der Waals surface area contributed by atoms with Crippen LogP contribution in [0.3, 0.4) is 0 Å². The fourth-order valence-corrected chi connectivity index (χ4v) is 6.38. The number of esters is 2. The number of ether oxygens (including phenoxy) is 3. The lowest BCUT2D eigenvalue weighted by molar-refractivity contribution is -0.164. The van der Waals surface area contributed by atoms with E-state index >= 15 is 0 Å². The molecule has 4 N–H and O–H groups in total. The van der Waals surface area contributed by atoms with Crippen LogP contribution in [0.25, 0.3) is 0 Å². The van der Waals surface area contributed by atoms with E-state index in [4.69, 9.17) is 14.2 Å². The lowest BCUT2D eigenvalue weighted by Gasteiger charge is -2.25. The van der Waals surface area contributed by atoms with E-state index in [-0.39, 0.29) is 19.4 Å². The summed E-state index contributed by atoms with van der Waals surface area (Å²) in [6, 6.07) is 0. The Morgan fingerprint density at radius 3 is 1.51 bits per heavy atom. The Bertz CT molecular complexity index is 1030. The first-order valence-electron chi connectivity index (χ1n) is 20.6. The summed E-state index contributed by atoms with van der Waals surface area (Å²) in [7, 11) is -4.96. The molecule has 11 heteroatoms. The van der Waals surface area contributed by atoms with Gasteiger partial charge in [-0.2, -0.15) is 0 Å². The minimum absolute atomic E-state index is 0.0859. The van der Waals surface area contributed by atoms with E-state index in [1.807, 2.05) is 12.2 Å². The predicted octanol–water partition coefficient (Wildman–Crippen LogP) is 9.94. The van der Waals surface area contributed by atoms with Crippen molar-refractivity contribution in [3.8, 4) is 0 Å². The van der Waals surface area contributed by atoms with Crippen LogP contribution in [0.4, 0.5) is 0 Å². The lowest BCUT2D eigenvalue weighted by atomic mass is 10.0. The Balaban J connectivity index is 4.51. The minimum atomic E-state index is -4.96. The van der Waals surface area contributed by atoms with Crippen molar-refractivity contribution in [2.45, 2.75) is 186 Å².